The summed E-state index contributed by atoms with van der Waals surface area (Å²) in [5.74, 6) is 2.28. The van der Waals surface area contributed by atoms with E-state index in [4.69, 9.17) is 5.73 Å². The Morgan fingerprint density at radius 2 is 2.04 bits per heavy atom. The van der Waals surface area contributed by atoms with Gasteiger partial charge >= 0.3 is 0 Å². The minimum absolute atomic E-state index is 0.0252. The maximum Gasteiger partial charge on any atom is 0.253 e. The third-order valence-electron chi connectivity index (χ3n) is 4.94. The smallest absolute Gasteiger partial charge is 0.253 e. The summed E-state index contributed by atoms with van der Waals surface area (Å²) in [4.78, 5) is 23.3. The summed E-state index contributed by atoms with van der Waals surface area (Å²) in [5, 5.41) is 8.16. The van der Waals surface area contributed by atoms with E-state index in [9.17, 15) is 4.79 Å². The average molecular weight is 363 g/mol. The zero-order valence-electron chi connectivity index (χ0n) is 15.1. The first-order valence-electron chi connectivity index (χ1n) is 8.94. The molecule has 1 fully saturated rings. The van der Waals surface area contributed by atoms with E-state index in [-0.39, 0.29) is 5.91 Å². The number of benzene rings is 1. The summed E-state index contributed by atoms with van der Waals surface area (Å²) in [6.45, 7) is 1.41. The highest BCUT2D eigenvalue weighted by Crippen LogP contribution is 2.27. The number of hydrogen-bond acceptors (Lipinski definition) is 6. The van der Waals surface area contributed by atoms with Crippen molar-refractivity contribution in [2.45, 2.75) is 18.8 Å². The Morgan fingerprint density at radius 1 is 1.22 bits per heavy atom. The van der Waals surface area contributed by atoms with Crippen LogP contribution in [0.1, 0.15) is 34.9 Å². The van der Waals surface area contributed by atoms with Crippen LogP contribution in [0.4, 0.5) is 5.82 Å². The minimum atomic E-state index is 0.0252. The number of nitrogens with two attached hydrogens (primary N) is 1. The van der Waals surface area contributed by atoms with E-state index in [0.29, 0.717) is 36.2 Å². The lowest BCUT2D eigenvalue weighted by Crippen LogP contribution is -2.38. The molecule has 0 radical (unpaired) electrons. The first kappa shape index (κ1) is 17.1. The van der Waals surface area contributed by atoms with Gasteiger partial charge in [0.2, 0.25) is 0 Å². The molecule has 0 spiro atoms. The molecule has 1 amide bonds. The number of piperidine rings is 1. The first-order chi connectivity index (χ1) is 13.1. The first-order valence-corrected chi connectivity index (χ1v) is 8.94. The van der Waals surface area contributed by atoms with Crippen LogP contribution in [0.2, 0.25) is 0 Å². The molecule has 1 aliphatic rings. The predicted octanol–water partition coefficient (Wildman–Crippen LogP) is 1.87. The fraction of sp³-hybridized carbons (Fsp3) is 0.316. The molecule has 0 aliphatic carbocycles. The molecule has 0 unspecified atom stereocenters. The van der Waals surface area contributed by atoms with E-state index in [1.165, 1.54) is 0 Å². The second-order valence-corrected chi connectivity index (χ2v) is 6.75. The van der Waals surface area contributed by atoms with Gasteiger partial charge in [0.25, 0.3) is 5.91 Å². The van der Waals surface area contributed by atoms with Crippen LogP contribution in [-0.2, 0) is 7.05 Å². The molecule has 2 N–H and O–H groups in total. The summed E-state index contributed by atoms with van der Waals surface area (Å²) in [5.41, 5.74) is 7.15. The number of nitrogen functional groups attached to an aromatic ring is 1. The summed E-state index contributed by atoms with van der Waals surface area (Å²) in [6, 6.07) is 9.02. The van der Waals surface area contributed by atoms with Gasteiger partial charge in [-0.05, 0) is 31.0 Å². The van der Waals surface area contributed by atoms with Gasteiger partial charge in [0.15, 0.2) is 5.82 Å². The lowest BCUT2D eigenvalue weighted by molar-refractivity contribution is 0.0710. The molecular formula is C19H21N7O. The number of carbonyl (C=O) groups excluding carboxylic acids is 1. The maximum atomic E-state index is 12.9. The highest BCUT2D eigenvalue weighted by molar-refractivity contribution is 5.95. The zero-order valence-corrected chi connectivity index (χ0v) is 15.1. The molecule has 8 heteroatoms. The summed E-state index contributed by atoms with van der Waals surface area (Å²) in [7, 11) is 1.96. The van der Waals surface area contributed by atoms with Crippen molar-refractivity contribution in [3.05, 3.63) is 54.2 Å². The molecule has 0 atom stereocenters. The molecule has 1 aromatic carbocycles. The Morgan fingerprint density at radius 3 is 2.74 bits per heavy atom. The van der Waals surface area contributed by atoms with Crippen molar-refractivity contribution in [1.29, 1.82) is 0 Å². The number of nitrogens with zero attached hydrogens (tertiary/aromatic N) is 6. The molecule has 8 nitrogen and oxygen atoms in total. The highest BCUT2D eigenvalue weighted by atomic mass is 16.2. The van der Waals surface area contributed by atoms with Gasteiger partial charge in [-0.2, -0.15) is 0 Å². The molecule has 0 saturated carbocycles. The second kappa shape index (κ2) is 7.14. The quantitative estimate of drug-likeness (QED) is 0.762. The van der Waals surface area contributed by atoms with Gasteiger partial charge in [-0.15, -0.1) is 10.2 Å². The molecular weight excluding hydrogens is 342 g/mol. The fourth-order valence-corrected chi connectivity index (χ4v) is 3.49. The van der Waals surface area contributed by atoms with Crippen molar-refractivity contribution >= 4 is 11.7 Å². The molecule has 2 aromatic heterocycles. The average Bonchev–Trinajstić information content (AvgIpc) is 3.13. The van der Waals surface area contributed by atoms with Crippen molar-refractivity contribution in [3.8, 4) is 11.4 Å². The van der Waals surface area contributed by atoms with Crippen LogP contribution < -0.4 is 5.73 Å². The highest BCUT2D eigenvalue weighted by Gasteiger charge is 2.27. The van der Waals surface area contributed by atoms with Gasteiger partial charge < -0.3 is 15.2 Å². The standard InChI is InChI=1S/C19H21N7O/c1-25-12-22-24-18(25)13-6-9-26(10-7-13)19(27)15-4-2-3-14(11-15)17-21-8-5-16(20)23-17/h2-5,8,11-13H,6-7,9-10H2,1H3,(H2,20,21,23). The summed E-state index contributed by atoms with van der Waals surface area (Å²) >= 11 is 0. The van der Waals surface area contributed by atoms with Crippen LogP contribution in [0.3, 0.4) is 0 Å². The Hall–Kier alpha value is -3.29. The number of anilines is 1. The monoisotopic (exact) mass is 363 g/mol. The lowest BCUT2D eigenvalue weighted by atomic mass is 9.95. The SMILES string of the molecule is Cn1cnnc1C1CCN(C(=O)c2cccc(-c3nccc(N)n3)c2)CC1. The fourth-order valence-electron chi connectivity index (χ4n) is 3.49. The van der Waals surface area contributed by atoms with Gasteiger partial charge in [-0.25, -0.2) is 9.97 Å². The number of hydrogen-bond donors (Lipinski definition) is 1. The normalized spacial score (nSPS) is 15.1. The summed E-state index contributed by atoms with van der Waals surface area (Å²) in [6.07, 6.45) is 5.10. The Balaban J connectivity index is 1.48. The molecule has 1 saturated heterocycles. The third-order valence-corrected chi connectivity index (χ3v) is 4.94. The zero-order chi connectivity index (χ0) is 18.8. The Bertz CT molecular complexity index is 960. The van der Waals surface area contributed by atoms with Crippen LogP contribution >= 0.6 is 0 Å². The molecule has 3 aromatic rings. The molecule has 1 aliphatic heterocycles. The number of carbonyl (C=O) groups is 1. The van der Waals surface area contributed by atoms with Crippen molar-refractivity contribution < 1.29 is 4.79 Å². The van der Waals surface area contributed by atoms with E-state index in [1.54, 1.807) is 18.6 Å². The van der Waals surface area contributed by atoms with Crippen LogP contribution in [0.25, 0.3) is 11.4 Å². The number of likely N-dealkylation sites (tertiary alicyclic amines) is 1. The van der Waals surface area contributed by atoms with Gasteiger partial charge in [0.05, 0.1) is 0 Å². The number of rotatable bonds is 3. The van der Waals surface area contributed by atoms with E-state index in [0.717, 1.165) is 24.2 Å². The van der Waals surface area contributed by atoms with Gasteiger partial charge in [0.1, 0.15) is 18.0 Å². The van der Waals surface area contributed by atoms with Crippen molar-refractivity contribution in [2.75, 3.05) is 18.8 Å². The van der Waals surface area contributed by atoms with E-state index in [1.807, 2.05) is 40.8 Å². The van der Waals surface area contributed by atoms with E-state index in [2.05, 4.69) is 20.2 Å². The van der Waals surface area contributed by atoms with Crippen molar-refractivity contribution in [2.24, 2.45) is 7.05 Å². The molecule has 3 heterocycles. The predicted molar refractivity (Wildman–Crippen MR) is 101 cm³/mol. The maximum absolute atomic E-state index is 12.9. The number of amides is 1. The minimum Gasteiger partial charge on any atom is -0.384 e. The third kappa shape index (κ3) is 3.51. The Labute approximate surface area is 157 Å². The van der Waals surface area contributed by atoms with Gasteiger partial charge in [-0.3, -0.25) is 4.79 Å². The summed E-state index contributed by atoms with van der Waals surface area (Å²) < 4.78 is 1.96. The Kier molecular flexibility index (Phi) is 4.53. The number of aromatic nitrogens is 5. The van der Waals surface area contributed by atoms with E-state index >= 15 is 0 Å². The van der Waals surface area contributed by atoms with Gasteiger partial charge in [-0.1, -0.05) is 12.1 Å². The number of aryl methyl sites for hydroxylation is 1. The molecule has 27 heavy (non-hydrogen) atoms. The van der Waals surface area contributed by atoms with Crippen LogP contribution in [0.15, 0.2) is 42.9 Å². The van der Waals surface area contributed by atoms with Crippen molar-refractivity contribution in [1.82, 2.24) is 29.6 Å². The van der Waals surface area contributed by atoms with E-state index < -0.39 is 0 Å². The lowest BCUT2D eigenvalue weighted by Gasteiger charge is -2.31. The van der Waals surface area contributed by atoms with Crippen LogP contribution in [0, 0.1) is 0 Å². The van der Waals surface area contributed by atoms with Gasteiger partial charge in [0, 0.05) is 43.4 Å². The molecule has 4 rings (SSSR count). The molecule has 138 valence electrons. The topological polar surface area (TPSA) is 103 Å². The molecule has 0 bridgehead atoms. The van der Waals surface area contributed by atoms with Crippen LogP contribution in [0.5, 0.6) is 0 Å². The largest absolute Gasteiger partial charge is 0.384 e. The van der Waals surface area contributed by atoms with Crippen molar-refractivity contribution in [3.63, 3.8) is 0 Å². The second-order valence-electron chi connectivity index (χ2n) is 6.75. The van der Waals surface area contributed by atoms with Crippen LogP contribution in [-0.4, -0.2) is 48.6 Å².